The van der Waals surface area contributed by atoms with Crippen LogP contribution in [0.1, 0.15) is 45.2 Å². The minimum absolute atomic E-state index is 0.163. The van der Waals surface area contributed by atoms with Crippen molar-refractivity contribution in [1.82, 2.24) is 10.4 Å². The van der Waals surface area contributed by atoms with Gasteiger partial charge in [0.1, 0.15) is 16.4 Å². The number of nitro benzene ring substituents is 1. The van der Waals surface area contributed by atoms with Gasteiger partial charge in [-0.15, -0.1) is 22.9 Å². The number of nitrogens with one attached hydrogen (secondary N) is 2. The number of thiophene rings is 1. The van der Waals surface area contributed by atoms with Crippen molar-refractivity contribution < 1.29 is 22.9 Å². The number of halogens is 1. The third kappa shape index (κ3) is 4.17. The Hall–Kier alpha value is -2.70. The number of anilines is 1. The summed E-state index contributed by atoms with van der Waals surface area (Å²) in [6, 6.07) is 4.88. The molecule has 2 atom stereocenters. The number of aryl methyl sites for hydroxylation is 1. The number of alkyl halides is 1. The smallest absolute Gasteiger partial charge is 0.273 e. The fourth-order valence-electron chi connectivity index (χ4n) is 3.93. The second-order valence-corrected chi connectivity index (χ2v) is 11.0. The van der Waals surface area contributed by atoms with Crippen molar-refractivity contribution in [1.29, 1.82) is 0 Å². The van der Waals surface area contributed by atoms with Crippen LogP contribution in [0.15, 0.2) is 24.3 Å². The molecule has 1 aromatic heterocycles. The summed E-state index contributed by atoms with van der Waals surface area (Å²) in [6.45, 7) is 0. The van der Waals surface area contributed by atoms with Crippen molar-refractivity contribution in [2.24, 2.45) is 0 Å². The van der Waals surface area contributed by atoms with E-state index >= 15 is 0 Å². The lowest BCUT2D eigenvalue weighted by molar-refractivity contribution is -0.385. The van der Waals surface area contributed by atoms with Crippen molar-refractivity contribution in [3.8, 4) is 0 Å². The fourth-order valence-corrected chi connectivity index (χ4v) is 6.49. The molecule has 32 heavy (non-hydrogen) atoms. The van der Waals surface area contributed by atoms with Crippen molar-refractivity contribution in [2.45, 2.75) is 37.1 Å². The minimum atomic E-state index is -3.62. The van der Waals surface area contributed by atoms with E-state index < -0.39 is 38.2 Å². The first-order valence-corrected chi connectivity index (χ1v) is 12.9. The van der Waals surface area contributed by atoms with Crippen LogP contribution in [0, 0.1) is 10.1 Å². The topological polar surface area (TPSA) is 139 Å². The largest absolute Gasteiger partial charge is 0.274 e. The molecule has 2 heterocycles. The molecule has 0 bridgehead atoms. The molecule has 0 spiro atoms. The van der Waals surface area contributed by atoms with Crippen LogP contribution in [-0.2, 0) is 27.7 Å². The first kappa shape index (κ1) is 22.5. The van der Waals surface area contributed by atoms with Gasteiger partial charge in [-0.3, -0.25) is 29.9 Å². The highest BCUT2D eigenvalue weighted by molar-refractivity contribution is 7.92. The van der Waals surface area contributed by atoms with Crippen molar-refractivity contribution in [3.05, 3.63) is 55.9 Å². The molecule has 2 unspecified atom stereocenters. The Morgan fingerprint density at radius 1 is 1.31 bits per heavy atom. The zero-order valence-corrected chi connectivity index (χ0v) is 19.2. The third-order valence-corrected chi connectivity index (χ3v) is 7.69. The maximum Gasteiger partial charge on any atom is 0.273 e. The molecule has 2 N–H and O–H groups in total. The quantitative estimate of drug-likeness (QED) is 0.272. The van der Waals surface area contributed by atoms with E-state index in [1.807, 2.05) is 0 Å². The van der Waals surface area contributed by atoms with Gasteiger partial charge in [-0.1, -0.05) is 12.1 Å². The van der Waals surface area contributed by atoms with E-state index in [1.165, 1.54) is 29.5 Å². The van der Waals surface area contributed by atoms with Crippen LogP contribution in [0.5, 0.6) is 0 Å². The predicted octanol–water partition coefficient (Wildman–Crippen LogP) is 2.74. The Balaban J connectivity index is 1.65. The van der Waals surface area contributed by atoms with E-state index in [4.69, 9.17) is 11.6 Å². The zero-order valence-electron chi connectivity index (χ0n) is 16.8. The number of fused-ring (bicyclic) bond motifs is 1. The molecule has 2 aliphatic rings. The summed E-state index contributed by atoms with van der Waals surface area (Å²) in [7, 11) is -3.62. The van der Waals surface area contributed by atoms with E-state index in [0.717, 1.165) is 41.0 Å². The number of hydrogen-bond donors (Lipinski definition) is 2. The maximum atomic E-state index is 13.2. The van der Waals surface area contributed by atoms with Crippen LogP contribution in [0.25, 0.3) is 0 Å². The van der Waals surface area contributed by atoms with Gasteiger partial charge in [0.2, 0.25) is 10.0 Å². The van der Waals surface area contributed by atoms with Crippen LogP contribution >= 0.6 is 22.9 Å². The number of benzene rings is 1. The van der Waals surface area contributed by atoms with Gasteiger partial charge in [-0.25, -0.2) is 13.4 Å². The number of rotatable bonds is 6. The molecule has 0 saturated carbocycles. The molecule has 2 amide bonds. The highest BCUT2D eigenvalue weighted by atomic mass is 35.5. The molecular weight excluding hydrogens is 480 g/mol. The minimum Gasteiger partial charge on any atom is -0.274 e. The van der Waals surface area contributed by atoms with Gasteiger partial charge in [0.15, 0.2) is 0 Å². The van der Waals surface area contributed by atoms with Crippen molar-refractivity contribution in [3.63, 3.8) is 0 Å². The number of non-ortho nitro benzene ring substituents is 1. The van der Waals surface area contributed by atoms with E-state index in [0.29, 0.717) is 12.0 Å². The van der Waals surface area contributed by atoms with Crippen molar-refractivity contribution in [2.75, 3.05) is 11.0 Å². The summed E-state index contributed by atoms with van der Waals surface area (Å²) in [5, 5.41) is 11.3. The third-order valence-electron chi connectivity index (χ3n) is 5.35. The molecule has 1 aliphatic carbocycles. The molecule has 4 rings (SSSR count). The second-order valence-electron chi connectivity index (χ2n) is 7.64. The predicted molar refractivity (Wildman–Crippen MR) is 119 cm³/mol. The number of nitro groups is 1. The second kappa shape index (κ2) is 8.34. The molecule has 1 saturated heterocycles. The molecule has 1 aromatic carbocycles. The Morgan fingerprint density at radius 3 is 2.72 bits per heavy atom. The van der Waals surface area contributed by atoms with Crippen molar-refractivity contribution >= 4 is 55.5 Å². The van der Waals surface area contributed by atoms with Crippen LogP contribution in [-0.4, -0.2) is 41.8 Å². The summed E-state index contributed by atoms with van der Waals surface area (Å²) in [5.41, 5.74) is 3.74. The highest BCUT2D eigenvalue weighted by Gasteiger charge is 2.49. The Morgan fingerprint density at radius 2 is 2.03 bits per heavy atom. The number of amides is 2. The number of carbonyl (C=O) groups excluding carboxylic acids is 2. The highest BCUT2D eigenvalue weighted by Crippen LogP contribution is 2.41. The Labute approximate surface area is 192 Å². The molecule has 1 aliphatic heterocycles. The lowest BCUT2D eigenvalue weighted by Gasteiger charge is -2.43. The summed E-state index contributed by atoms with van der Waals surface area (Å²) < 4.78 is 26.1. The average molecular weight is 499 g/mol. The normalized spacial score (nSPS) is 20.3. The number of carbonyl (C=O) groups is 2. The lowest BCUT2D eigenvalue weighted by atomic mass is 9.94. The Bertz CT molecular complexity index is 1230. The number of sulfonamides is 1. The number of β-lactam (4-membered cyclic amide) rings is 1. The monoisotopic (exact) mass is 498 g/mol. The van der Waals surface area contributed by atoms with E-state index in [2.05, 4.69) is 10.1 Å². The molecule has 170 valence electrons. The summed E-state index contributed by atoms with van der Waals surface area (Å²) in [6.07, 6.45) is 4.18. The molecule has 10 nitrogen and oxygen atoms in total. The summed E-state index contributed by atoms with van der Waals surface area (Å²) >= 11 is 7.38. The van der Waals surface area contributed by atoms with Crippen LogP contribution in [0.3, 0.4) is 0 Å². The first-order chi connectivity index (χ1) is 15.1. The SMILES string of the molecule is CS(=O)(=O)Nc1sc2c(c1C(=O)NN1C(=O)C(Cl)C1c1cccc([N+](=O)[O-])c1)CCCC2. The maximum absolute atomic E-state index is 13.2. The molecule has 0 radical (unpaired) electrons. The van der Waals surface area contributed by atoms with Crippen LogP contribution in [0.4, 0.5) is 10.7 Å². The Kier molecular flexibility index (Phi) is 5.86. The van der Waals surface area contributed by atoms with E-state index in [1.54, 1.807) is 6.07 Å². The molecular formula is C19H19ClN4O6S2. The molecule has 1 fully saturated rings. The number of hydrazine groups is 1. The van der Waals surface area contributed by atoms with Gasteiger partial charge in [0.25, 0.3) is 17.5 Å². The van der Waals surface area contributed by atoms with Gasteiger partial charge in [0, 0.05) is 17.0 Å². The number of nitrogens with zero attached hydrogens (tertiary/aromatic N) is 2. The standard InChI is InChI=1S/C19H19ClN4O6S2/c1-32(29,30)22-18-14(12-7-2-3-8-13(12)31-18)17(25)21-23-16(15(20)19(23)26)10-5-4-6-11(9-10)24(27)28/h4-6,9,15-16,22H,2-3,7-8H2,1H3,(H,21,25). The van der Waals surface area contributed by atoms with Gasteiger partial charge in [0.05, 0.1) is 16.7 Å². The van der Waals surface area contributed by atoms with E-state index in [9.17, 15) is 28.1 Å². The van der Waals surface area contributed by atoms with Gasteiger partial charge in [-0.05, 0) is 36.8 Å². The van der Waals surface area contributed by atoms with Gasteiger partial charge >= 0.3 is 0 Å². The molecule has 2 aromatic rings. The number of hydrogen-bond acceptors (Lipinski definition) is 7. The summed E-state index contributed by atoms with van der Waals surface area (Å²) in [5.74, 6) is -1.19. The molecule has 13 heteroatoms. The first-order valence-electron chi connectivity index (χ1n) is 9.71. The summed E-state index contributed by atoms with van der Waals surface area (Å²) in [4.78, 5) is 37.1. The van der Waals surface area contributed by atoms with Gasteiger partial charge < -0.3 is 0 Å². The van der Waals surface area contributed by atoms with Crippen LogP contribution in [0.2, 0.25) is 0 Å². The average Bonchev–Trinajstić information content (AvgIpc) is 3.09. The fraction of sp³-hybridized carbons (Fsp3) is 0.368. The van der Waals surface area contributed by atoms with Crippen LogP contribution < -0.4 is 10.1 Å². The zero-order chi connectivity index (χ0) is 23.2. The van der Waals surface area contributed by atoms with Gasteiger partial charge in [-0.2, -0.15) is 0 Å². The van der Waals surface area contributed by atoms with E-state index in [-0.39, 0.29) is 16.3 Å². The lowest BCUT2D eigenvalue weighted by Crippen LogP contribution is -2.63.